The number of carbonyl (C=O) groups is 1. The molecule has 0 spiro atoms. The molecule has 1 aliphatic rings. The first-order valence-electron chi connectivity index (χ1n) is 15.1. The molecule has 1 amide bonds. The summed E-state index contributed by atoms with van der Waals surface area (Å²) in [7, 11) is -2.31. The van der Waals surface area contributed by atoms with Crippen molar-refractivity contribution in [3.8, 4) is 22.6 Å². The summed E-state index contributed by atoms with van der Waals surface area (Å²) < 4.78 is 64.7. The predicted molar refractivity (Wildman–Crippen MR) is 178 cm³/mol. The number of pyridine rings is 2. The smallest absolute Gasteiger partial charge is 0.232 e. The second-order valence-electron chi connectivity index (χ2n) is 9.73. The second-order valence-corrected chi connectivity index (χ2v) is 11.6. The van der Waals surface area contributed by atoms with E-state index >= 15 is 8.78 Å². The van der Waals surface area contributed by atoms with Crippen molar-refractivity contribution in [3.05, 3.63) is 60.6 Å². The zero-order valence-corrected chi connectivity index (χ0v) is 27.7. The highest BCUT2D eigenvalue weighted by Crippen LogP contribution is 2.36. The number of nitrogens with one attached hydrogen (secondary N) is 1. The minimum Gasteiger partial charge on any atom is -0.495 e. The molecule has 0 unspecified atom stereocenters. The summed E-state index contributed by atoms with van der Waals surface area (Å²) in [6.07, 6.45) is 5.03. The van der Waals surface area contributed by atoms with Gasteiger partial charge >= 0.3 is 0 Å². The first-order chi connectivity index (χ1) is 21.6. The van der Waals surface area contributed by atoms with Crippen LogP contribution in [-0.2, 0) is 14.8 Å². The number of methoxy groups -OCH3 is 1. The van der Waals surface area contributed by atoms with Crippen molar-refractivity contribution in [1.29, 1.82) is 0 Å². The lowest BCUT2D eigenvalue weighted by Crippen LogP contribution is -2.48. The second kappa shape index (κ2) is 15.6. The first-order valence-corrected chi connectivity index (χ1v) is 16.8. The lowest BCUT2D eigenvalue weighted by Gasteiger charge is -2.35. The Hall–Kier alpha value is -4.26. The summed E-state index contributed by atoms with van der Waals surface area (Å²) in [5, 5.41) is 0. The van der Waals surface area contributed by atoms with Crippen LogP contribution >= 0.6 is 0 Å². The minimum atomic E-state index is -3.82. The number of fused-ring (bicyclic) bond motifs is 1. The third kappa shape index (κ3) is 7.88. The van der Waals surface area contributed by atoms with Crippen molar-refractivity contribution in [3.63, 3.8) is 0 Å². The van der Waals surface area contributed by atoms with Crippen molar-refractivity contribution in [1.82, 2.24) is 19.4 Å². The van der Waals surface area contributed by atoms with Gasteiger partial charge in [0, 0.05) is 58.0 Å². The van der Waals surface area contributed by atoms with E-state index in [1.807, 2.05) is 32.6 Å². The van der Waals surface area contributed by atoms with Crippen molar-refractivity contribution in [2.45, 2.75) is 48.0 Å². The normalized spacial score (nSPS) is 13.0. The number of amides is 1. The van der Waals surface area contributed by atoms with Crippen LogP contribution in [-0.4, -0.2) is 72.8 Å². The molecule has 0 saturated carbocycles. The maximum absolute atomic E-state index is 15.8. The standard InChI is InChI=1S/C28H30F2N6O4S.2C2H6.H2/c1-4-13-41(38,39)33-23-6-5-22(29)28(26(23)30)36-17-21(19-14-20(40-3)16-31-15-19)27-24(36)7-8-25(32-27)35-11-9-34(10-12-35)18(2)37;2*1-2;/h5-8,14-17,33H,4,9-13H2,1-3H3;2*1-2H3;1H. The average Bonchev–Trinajstić information content (AvgIpc) is 3.43. The zero-order chi connectivity index (χ0) is 33.3. The molecule has 4 aromatic rings. The number of piperazine rings is 1. The molecule has 246 valence electrons. The molecule has 0 aliphatic carbocycles. The lowest BCUT2D eigenvalue weighted by molar-refractivity contribution is -0.129. The van der Waals surface area contributed by atoms with Gasteiger partial charge < -0.3 is 19.1 Å². The molecule has 1 saturated heterocycles. The van der Waals surface area contributed by atoms with Gasteiger partial charge in [-0.2, -0.15) is 0 Å². The summed E-state index contributed by atoms with van der Waals surface area (Å²) in [5.74, 6) is -0.978. The molecule has 5 rings (SSSR count). The summed E-state index contributed by atoms with van der Waals surface area (Å²) in [5.41, 5.74) is 1.22. The minimum absolute atomic E-state index is 0. The van der Waals surface area contributed by atoms with Crippen molar-refractivity contribution in [2.24, 2.45) is 0 Å². The number of anilines is 2. The SMILES string of the molecule is CC.CC.CCCS(=O)(=O)Nc1ccc(F)c(-n2cc(-c3cncc(OC)c3)c3nc(N4CCN(C(C)=O)CC4)ccc32)c1F.[HH]. The number of ether oxygens (including phenoxy) is 1. The van der Waals surface area contributed by atoms with Gasteiger partial charge in [0.05, 0.1) is 35.8 Å². The largest absolute Gasteiger partial charge is 0.495 e. The predicted octanol–water partition coefficient (Wildman–Crippen LogP) is 6.49. The summed E-state index contributed by atoms with van der Waals surface area (Å²) in [4.78, 5) is 24.7. The van der Waals surface area contributed by atoms with E-state index < -0.39 is 27.3 Å². The van der Waals surface area contributed by atoms with Gasteiger partial charge in [-0.1, -0.05) is 34.6 Å². The van der Waals surface area contributed by atoms with E-state index in [9.17, 15) is 13.2 Å². The fourth-order valence-corrected chi connectivity index (χ4v) is 6.05. The van der Waals surface area contributed by atoms with Crippen LogP contribution in [0.5, 0.6) is 5.75 Å². The molecule has 1 fully saturated rings. The van der Waals surface area contributed by atoms with Crippen LogP contribution < -0.4 is 14.4 Å². The number of aromatic nitrogens is 3. The lowest BCUT2D eigenvalue weighted by atomic mass is 10.1. The van der Waals surface area contributed by atoms with Gasteiger partial charge in [0.2, 0.25) is 15.9 Å². The Morgan fingerprint density at radius 3 is 2.36 bits per heavy atom. The molecule has 4 heterocycles. The van der Waals surface area contributed by atoms with Crippen LogP contribution in [0.1, 0.15) is 49.4 Å². The molecule has 1 aliphatic heterocycles. The van der Waals surface area contributed by atoms with E-state index in [2.05, 4.69) is 9.71 Å². The average molecular weight is 647 g/mol. The highest BCUT2D eigenvalue weighted by Gasteiger charge is 2.25. The zero-order valence-electron chi connectivity index (χ0n) is 26.9. The van der Waals surface area contributed by atoms with Gasteiger partial charge in [-0.15, -0.1) is 0 Å². The van der Waals surface area contributed by atoms with E-state index in [0.717, 1.165) is 12.1 Å². The number of benzene rings is 1. The fourth-order valence-electron chi connectivity index (χ4n) is 4.92. The number of hydrogen-bond donors (Lipinski definition) is 1. The monoisotopic (exact) mass is 646 g/mol. The number of halogens is 2. The van der Waals surface area contributed by atoms with E-state index in [1.165, 1.54) is 11.7 Å². The molecule has 45 heavy (non-hydrogen) atoms. The number of sulfonamides is 1. The van der Waals surface area contributed by atoms with Crippen LogP contribution in [0.15, 0.2) is 48.9 Å². The highest BCUT2D eigenvalue weighted by molar-refractivity contribution is 7.92. The van der Waals surface area contributed by atoms with E-state index in [4.69, 9.17) is 9.72 Å². The van der Waals surface area contributed by atoms with E-state index in [0.29, 0.717) is 66.3 Å². The molecular formula is C32H44F2N6O4S. The molecule has 3 aromatic heterocycles. The fraction of sp³-hybridized carbons (Fsp3) is 0.406. The summed E-state index contributed by atoms with van der Waals surface area (Å²) in [6.45, 7) is 13.5. The molecule has 10 nitrogen and oxygen atoms in total. The first kappa shape index (κ1) is 35.2. The van der Waals surface area contributed by atoms with Crippen LogP contribution in [0.3, 0.4) is 0 Å². The number of hydrogen-bond acceptors (Lipinski definition) is 7. The highest BCUT2D eigenvalue weighted by atomic mass is 32.2. The Bertz CT molecular complexity index is 1730. The van der Waals surface area contributed by atoms with E-state index in [-0.39, 0.29) is 18.8 Å². The maximum atomic E-state index is 15.8. The van der Waals surface area contributed by atoms with Gasteiger partial charge in [0.25, 0.3) is 0 Å². The van der Waals surface area contributed by atoms with Crippen LogP contribution in [0.2, 0.25) is 0 Å². The van der Waals surface area contributed by atoms with Crippen molar-refractivity contribution in [2.75, 3.05) is 48.7 Å². The third-order valence-electron chi connectivity index (χ3n) is 6.99. The van der Waals surface area contributed by atoms with Crippen LogP contribution in [0, 0.1) is 11.6 Å². The van der Waals surface area contributed by atoms with Gasteiger partial charge in [0.1, 0.15) is 23.1 Å². The van der Waals surface area contributed by atoms with Crippen molar-refractivity contribution < 1.29 is 28.2 Å². The number of rotatable bonds is 8. The molecule has 13 heteroatoms. The Labute approximate surface area is 265 Å². The quantitative estimate of drug-likeness (QED) is 0.233. The summed E-state index contributed by atoms with van der Waals surface area (Å²) in [6, 6.07) is 7.32. The Balaban J connectivity index is 0.00000142. The Kier molecular flexibility index (Phi) is 12.2. The van der Waals surface area contributed by atoms with Gasteiger partial charge in [-0.25, -0.2) is 22.2 Å². The maximum Gasteiger partial charge on any atom is 0.232 e. The molecule has 1 N–H and O–H groups in total. The number of carbonyl (C=O) groups excluding carboxylic acids is 1. The summed E-state index contributed by atoms with van der Waals surface area (Å²) >= 11 is 0. The van der Waals surface area contributed by atoms with Gasteiger partial charge in [-0.05, 0) is 36.8 Å². The Morgan fingerprint density at radius 1 is 1.04 bits per heavy atom. The number of nitrogens with zero attached hydrogens (tertiary/aromatic N) is 5. The van der Waals surface area contributed by atoms with Crippen LogP contribution in [0.25, 0.3) is 27.8 Å². The van der Waals surface area contributed by atoms with E-state index in [1.54, 1.807) is 55.5 Å². The molecule has 1 aromatic carbocycles. The molecule has 0 bridgehead atoms. The van der Waals surface area contributed by atoms with Gasteiger partial charge in [0.15, 0.2) is 5.82 Å². The topological polar surface area (TPSA) is 110 Å². The molecule has 0 radical (unpaired) electrons. The van der Waals surface area contributed by atoms with Crippen LogP contribution in [0.4, 0.5) is 20.3 Å². The molecular weight excluding hydrogens is 602 g/mol. The molecule has 0 atom stereocenters. The van der Waals surface area contributed by atoms with Gasteiger partial charge in [-0.3, -0.25) is 14.5 Å². The Morgan fingerprint density at radius 2 is 1.73 bits per heavy atom. The van der Waals surface area contributed by atoms with Crippen molar-refractivity contribution >= 4 is 38.5 Å². The third-order valence-corrected chi connectivity index (χ3v) is 8.46.